The van der Waals surface area contributed by atoms with Gasteiger partial charge in [-0.3, -0.25) is 4.79 Å². The predicted octanol–water partition coefficient (Wildman–Crippen LogP) is 2.85. The van der Waals surface area contributed by atoms with Crippen molar-refractivity contribution < 1.29 is 4.79 Å². The van der Waals surface area contributed by atoms with Gasteiger partial charge in [-0.2, -0.15) is 0 Å². The quantitative estimate of drug-likeness (QED) is 0.839. The third-order valence-electron chi connectivity index (χ3n) is 6.99. The number of carbonyl (C=O) groups excluding carboxylic acids is 1. The molecule has 1 unspecified atom stereocenters. The lowest BCUT2D eigenvalue weighted by atomic mass is 9.48. The number of carbonyl (C=O) groups is 1. The third-order valence-corrected chi connectivity index (χ3v) is 6.99. The molecule has 1 amide bonds. The SMILES string of the molecule is CC(NC(=O)[C@H]1CCCCN1)C12CC3CC(CC(C3)C1)C2. The van der Waals surface area contributed by atoms with E-state index in [2.05, 4.69) is 17.6 Å². The third kappa shape index (κ3) is 2.52. The van der Waals surface area contributed by atoms with Gasteiger partial charge >= 0.3 is 0 Å². The average Bonchev–Trinajstić information content (AvgIpc) is 2.46. The summed E-state index contributed by atoms with van der Waals surface area (Å²) in [6.07, 6.45) is 12.0. The summed E-state index contributed by atoms with van der Waals surface area (Å²) in [5.74, 6) is 3.15. The molecule has 1 heterocycles. The van der Waals surface area contributed by atoms with E-state index in [1.807, 2.05) is 0 Å². The summed E-state index contributed by atoms with van der Waals surface area (Å²) in [5.41, 5.74) is 0.430. The van der Waals surface area contributed by atoms with E-state index in [4.69, 9.17) is 0 Å². The predicted molar refractivity (Wildman–Crippen MR) is 83.9 cm³/mol. The molecule has 4 bridgehead atoms. The first-order valence-electron chi connectivity index (χ1n) is 9.18. The molecule has 0 aromatic heterocycles. The van der Waals surface area contributed by atoms with E-state index in [0.717, 1.165) is 30.7 Å². The first-order chi connectivity index (χ1) is 10.1. The van der Waals surface area contributed by atoms with Crippen LogP contribution >= 0.6 is 0 Å². The van der Waals surface area contributed by atoms with Gasteiger partial charge in [0.15, 0.2) is 0 Å². The van der Waals surface area contributed by atoms with Crippen LogP contribution in [0.4, 0.5) is 0 Å². The van der Waals surface area contributed by atoms with Gasteiger partial charge in [0.1, 0.15) is 0 Å². The van der Waals surface area contributed by atoms with Crippen LogP contribution in [0.2, 0.25) is 0 Å². The lowest BCUT2D eigenvalue weighted by Gasteiger charge is -2.59. The van der Waals surface area contributed by atoms with Crippen molar-refractivity contribution >= 4 is 5.91 Å². The lowest BCUT2D eigenvalue weighted by molar-refractivity contribution is -0.128. The zero-order valence-electron chi connectivity index (χ0n) is 13.4. The van der Waals surface area contributed by atoms with Crippen LogP contribution in [-0.4, -0.2) is 24.5 Å². The average molecular weight is 290 g/mol. The molecule has 2 atom stereocenters. The van der Waals surface area contributed by atoms with Gasteiger partial charge in [0.2, 0.25) is 5.91 Å². The zero-order valence-corrected chi connectivity index (χ0v) is 13.4. The van der Waals surface area contributed by atoms with Crippen LogP contribution in [0, 0.1) is 23.2 Å². The second kappa shape index (κ2) is 5.26. The van der Waals surface area contributed by atoms with Gasteiger partial charge in [-0.1, -0.05) is 6.42 Å². The number of hydrogen-bond donors (Lipinski definition) is 2. The van der Waals surface area contributed by atoms with E-state index in [9.17, 15) is 4.79 Å². The first kappa shape index (κ1) is 14.0. The summed E-state index contributed by atoms with van der Waals surface area (Å²) in [5, 5.41) is 6.79. The maximum absolute atomic E-state index is 12.5. The van der Waals surface area contributed by atoms with E-state index < -0.39 is 0 Å². The Hall–Kier alpha value is -0.570. The molecule has 5 aliphatic rings. The smallest absolute Gasteiger partial charge is 0.237 e. The van der Waals surface area contributed by atoms with Crippen LogP contribution in [0.25, 0.3) is 0 Å². The first-order valence-corrected chi connectivity index (χ1v) is 9.18. The number of hydrogen-bond acceptors (Lipinski definition) is 2. The number of amides is 1. The molecule has 2 N–H and O–H groups in total. The molecular formula is C18H30N2O. The largest absolute Gasteiger partial charge is 0.352 e. The topological polar surface area (TPSA) is 41.1 Å². The molecule has 0 spiro atoms. The summed E-state index contributed by atoms with van der Waals surface area (Å²) in [6.45, 7) is 3.29. The van der Waals surface area contributed by atoms with Gasteiger partial charge in [-0.05, 0) is 88.0 Å². The van der Waals surface area contributed by atoms with Crippen molar-refractivity contribution in [1.29, 1.82) is 0 Å². The van der Waals surface area contributed by atoms with Crippen molar-refractivity contribution in [2.24, 2.45) is 23.2 Å². The van der Waals surface area contributed by atoms with Gasteiger partial charge < -0.3 is 10.6 Å². The molecular weight excluding hydrogens is 260 g/mol. The van der Waals surface area contributed by atoms with Crippen molar-refractivity contribution in [2.75, 3.05) is 6.54 Å². The second-order valence-corrected chi connectivity index (χ2v) is 8.51. The van der Waals surface area contributed by atoms with Crippen molar-refractivity contribution in [1.82, 2.24) is 10.6 Å². The zero-order chi connectivity index (χ0) is 14.4. The molecule has 5 fully saturated rings. The highest BCUT2D eigenvalue weighted by molar-refractivity contribution is 5.82. The number of rotatable bonds is 3. The van der Waals surface area contributed by atoms with Gasteiger partial charge in [-0.25, -0.2) is 0 Å². The Kier molecular flexibility index (Phi) is 3.52. The highest BCUT2D eigenvalue weighted by atomic mass is 16.2. The fraction of sp³-hybridized carbons (Fsp3) is 0.944. The molecule has 3 heteroatoms. The fourth-order valence-corrected chi connectivity index (χ4v) is 6.25. The molecule has 21 heavy (non-hydrogen) atoms. The fourth-order valence-electron chi connectivity index (χ4n) is 6.25. The maximum atomic E-state index is 12.5. The molecule has 4 saturated carbocycles. The summed E-state index contributed by atoms with van der Waals surface area (Å²) in [7, 11) is 0. The van der Waals surface area contributed by atoms with Crippen LogP contribution in [0.5, 0.6) is 0 Å². The molecule has 3 nitrogen and oxygen atoms in total. The van der Waals surface area contributed by atoms with Crippen molar-refractivity contribution in [3.63, 3.8) is 0 Å². The van der Waals surface area contributed by atoms with Crippen LogP contribution in [0.3, 0.4) is 0 Å². The lowest BCUT2D eigenvalue weighted by Crippen LogP contribution is -2.58. The van der Waals surface area contributed by atoms with E-state index in [1.165, 1.54) is 51.4 Å². The van der Waals surface area contributed by atoms with E-state index in [-0.39, 0.29) is 11.9 Å². The maximum Gasteiger partial charge on any atom is 0.237 e. The van der Waals surface area contributed by atoms with Crippen LogP contribution in [-0.2, 0) is 4.79 Å². The Morgan fingerprint density at radius 3 is 2.24 bits per heavy atom. The van der Waals surface area contributed by atoms with E-state index >= 15 is 0 Å². The molecule has 0 radical (unpaired) electrons. The monoisotopic (exact) mass is 290 g/mol. The minimum absolute atomic E-state index is 0.0649. The Morgan fingerprint density at radius 1 is 1.10 bits per heavy atom. The minimum Gasteiger partial charge on any atom is -0.352 e. The van der Waals surface area contributed by atoms with Crippen molar-refractivity contribution in [3.8, 4) is 0 Å². The number of nitrogens with one attached hydrogen (secondary N) is 2. The van der Waals surface area contributed by atoms with Gasteiger partial charge in [0.05, 0.1) is 6.04 Å². The molecule has 1 aliphatic heterocycles. The van der Waals surface area contributed by atoms with E-state index in [0.29, 0.717) is 11.5 Å². The molecule has 4 aliphatic carbocycles. The summed E-state index contributed by atoms with van der Waals surface area (Å²) < 4.78 is 0. The van der Waals surface area contributed by atoms with Crippen LogP contribution in [0.1, 0.15) is 64.7 Å². The molecule has 0 aromatic carbocycles. The summed E-state index contributed by atoms with van der Waals surface area (Å²) in [6, 6.07) is 0.428. The Balaban J connectivity index is 1.42. The van der Waals surface area contributed by atoms with Crippen molar-refractivity contribution in [2.45, 2.75) is 76.8 Å². The molecule has 0 aromatic rings. The standard InChI is InChI=1S/C18H30N2O/c1-12(20-17(21)16-4-2-3-5-19-16)18-9-13-6-14(10-18)8-15(7-13)11-18/h12-16,19H,2-11H2,1H3,(H,20,21)/t12?,13?,14?,15?,16-,18?/m1/s1. The Bertz CT molecular complexity index is 378. The second-order valence-electron chi connectivity index (χ2n) is 8.51. The molecule has 5 rings (SSSR count). The van der Waals surface area contributed by atoms with Crippen LogP contribution in [0.15, 0.2) is 0 Å². The normalized spacial score (nSPS) is 46.3. The summed E-state index contributed by atoms with van der Waals surface area (Å²) >= 11 is 0. The summed E-state index contributed by atoms with van der Waals surface area (Å²) in [4.78, 5) is 12.5. The van der Waals surface area contributed by atoms with Gasteiger partial charge in [0, 0.05) is 6.04 Å². The highest BCUT2D eigenvalue weighted by Crippen LogP contribution is 2.61. The van der Waals surface area contributed by atoms with Gasteiger partial charge in [-0.15, -0.1) is 0 Å². The molecule has 118 valence electrons. The number of piperidine rings is 1. The van der Waals surface area contributed by atoms with Gasteiger partial charge in [0.25, 0.3) is 0 Å². The minimum atomic E-state index is 0.0649. The van der Waals surface area contributed by atoms with Crippen molar-refractivity contribution in [3.05, 3.63) is 0 Å². The molecule has 1 saturated heterocycles. The Morgan fingerprint density at radius 2 is 1.71 bits per heavy atom. The van der Waals surface area contributed by atoms with E-state index in [1.54, 1.807) is 0 Å². The Labute approximate surface area is 128 Å². The highest BCUT2D eigenvalue weighted by Gasteiger charge is 2.53. The van der Waals surface area contributed by atoms with Crippen LogP contribution < -0.4 is 10.6 Å².